The second-order valence-electron chi connectivity index (χ2n) is 13.8. The zero-order valence-corrected chi connectivity index (χ0v) is 29.7. The van der Waals surface area contributed by atoms with Gasteiger partial charge in [-0.1, -0.05) is 48.6 Å². The summed E-state index contributed by atoms with van der Waals surface area (Å²) in [5.74, 6) is 3.05. The van der Waals surface area contributed by atoms with Gasteiger partial charge >= 0.3 is 0 Å². The number of benzene rings is 2. The van der Waals surface area contributed by atoms with Gasteiger partial charge in [0.15, 0.2) is 5.82 Å². The van der Waals surface area contributed by atoms with Crippen molar-refractivity contribution in [1.29, 1.82) is 0 Å². The molecule has 0 saturated heterocycles. The maximum atomic E-state index is 5.14. The van der Waals surface area contributed by atoms with Gasteiger partial charge < -0.3 is 0 Å². The SMILES string of the molecule is C1=CN=c2c(n(-c3ccccn3)c3c2c2nccc4c2n3-c2cc(N(c3ccccn3)c3ccccn3)cc3c2B4c2nccnc2N3c2ccccc2)=CC1. The number of hydrogen-bond donors (Lipinski definition) is 0. The summed E-state index contributed by atoms with van der Waals surface area (Å²) in [6.45, 7) is -0.238. The minimum atomic E-state index is -0.238. The Kier molecular flexibility index (Phi) is 6.52. The van der Waals surface area contributed by atoms with Crippen molar-refractivity contribution in [2.75, 3.05) is 9.80 Å². The molecule has 11 nitrogen and oxygen atoms in total. The lowest BCUT2D eigenvalue weighted by Crippen LogP contribution is -2.61. The van der Waals surface area contributed by atoms with Gasteiger partial charge in [-0.3, -0.25) is 33.9 Å². The van der Waals surface area contributed by atoms with Crippen LogP contribution in [0.25, 0.3) is 39.6 Å². The normalized spacial score (nSPS) is 13.4. The summed E-state index contributed by atoms with van der Waals surface area (Å²) < 4.78 is 4.62. The molecule has 0 spiro atoms. The summed E-state index contributed by atoms with van der Waals surface area (Å²) in [4.78, 5) is 39.4. The zero-order chi connectivity index (χ0) is 36.7. The highest BCUT2D eigenvalue weighted by Gasteiger charge is 2.45. The van der Waals surface area contributed by atoms with E-state index in [1.54, 1.807) is 12.4 Å². The number of rotatable bonds is 5. The van der Waals surface area contributed by atoms with E-state index in [1.165, 1.54) is 0 Å². The molecule has 262 valence electrons. The molecule has 0 unspecified atom stereocenters. The summed E-state index contributed by atoms with van der Waals surface area (Å²) in [5, 5.41) is 2.82. The Morgan fingerprint density at radius 3 is 2.16 bits per heavy atom. The first-order valence-corrected chi connectivity index (χ1v) is 18.5. The van der Waals surface area contributed by atoms with Crippen LogP contribution in [-0.2, 0) is 0 Å². The van der Waals surface area contributed by atoms with Gasteiger partial charge in [-0.25, -0.2) is 19.9 Å². The Morgan fingerprint density at radius 1 is 0.643 bits per heavy atom. The third-order valence-corrected chi connectivity index (χ3v) is 10.8. The molecule has 0 aliphatic carbocycles. The van der Waals surface area contributed by atoms with Crippen LogP contribution in [0.3, 0.4) is 0 Å². The summed E-state index contributed by atoms with van der Waals surface area (Å²) in [6, 6.07) is 34.9. The Bertz CT molecular complexity index is 3140. The summed E-state index contributed by atoms with van der Waals surface area (Å²) in [7, 11) is 0. The Balaban J connectivity index is 1.30. The standard InChI is InChI=1S/C44H28BN11/c1-2-12-28(13-3-1)53-32-26-29(54(34-15-5-9-19-46-34)35-16-6-10-20-47-35)27-33-38(32)45(42-43(53)52-25-24-51-42)30-18-23-50-40-37-39-31(14-4-8-22-49-39)55(36-17-7-11-21-48-36)44(37)56(33)41(30)40/h1-3,5-27H,4H2. The predicted octanol–water partition coefficient (Wildman–Crippen LogP) is 5.34. The smallest absolute Gasteiger partial charge is 0.277 e. The van der Waals surface area contributed by atoms with E-state index in [-0.39, 0.29) is 6.71 Å². The number of hydrogen-bond acceptors (Lipinski definition) is 9. The lowest BCUT2D eigenvalue weighted by Gasteiger charge is -2.39. The van der Waals surface area contributed by atoms with E-state index in [2.05, 4.69) is 79.6 Å². The average Bonchev–Trinajstić information content (AvgIpc) is 3.64. The third kappa shape index (κ3) is 4.26. The van der Waals surface area contributed by atoms with Crippen LogP contribution in [0, 0.1) is 0 Å². The van der Waals surface area contributed by atoms with Crippen molar-refractivity contribution in [2.45, 2.75) is 6.42 Å². The number of allylic oxidation sites excluding steroid dienone is 1. The minimum Gasteiger partial charge on any atom is -0.295 e. The summed E-state index contributed by atoms with van der Waals surface area (Å²) in [5.41, 5.74) is 9.71. The van der Waals surface area contributed by atoms with Gasteiger partial charge in [0.05, 0.1) is 38.4 Å². The Morgan fingerprint density at radius 2 is 1.39 bits per heavy atom. The van der Waals surface area contributed by atoms with E-state index < -0.39 is 0 Å². The second-order valence-corrected chi connectivity index (χ2v) is 13.8. The fourth-order valence-electron chi connectivity index (χ4n) is 8.73. The average molecular weight is 722 g/mol. The number of aromatic nitrogens is 8. The van der Waals surface area contributed by atoms with Crippen molar-refractivity contribution in [2.24, 2.45) is 4.99 Å². The molecule has 3 aliphatic rings. The van der Waals surface area contributed by atoms with Crippen LogP contribution in [0.5, 0.6) is 0 Å². The molecule has 12 rings (SSSR count). The van der Waals surface area contributed by atoms with E-state index >= 15 is 0 Å². The molecule has 0 saturated carbocycles. The molecule has 12 heteroatoms. The lowest BCUT2D eigenvalue weighted by atomic mass is 9.35. The molecule has 0 fully saturated rings. The molecule has 7 aromatic heterocycles. The number of pyridine rings is 4. The van der Waals surface area contributed by atoms with Gasteiger partial charge in [-0.05, 0) is 84.1 Å². The maximum Gasteiger partial charge on any atom is 0.277 e. The monoisotopic (exact) mass is 721 g/mol. The molecule has 0 amide bonds. The number of anilines is 6. The van der Waals surface area contributed by atoms with Gasteiger partial charge in [0.2, 0.25) is 0 Å². The van der Waals surface area contributed by atoms with E-state index in [4.69, 9.17) is 34.9 Å². The largest absolute Gasteiger partial charge is 0.295 e. The van der Waals surface area contributed by atoms with Crippen molar-refractivity contribution in [3.05, 3.63) is 163 Å². The van der Waals surface area contributed by atoms with Gasteiger partial charge in [0.1, 0.15) is 23.1 Å². The van der Waals surface area contributed by atoms with Crippen molar-refractivity contribution in [3.63, 3.8) is 0 Å². The Hall–Kier alpha value is -7.73. The highest BCUT2D eigenvalue weighted by atomic mass is 15.3. The number of fused-ring (bicyclic) bond motifs is 9. The zero-order valence-electron chi connectivity index (χ0n) is 29.7. The molecule has 0 radical (unpaired) electrons. The van der Waals surface area contributed by atoms with E-state index in [0.717, 1.165) is 102 Å². The van der Waals surface area contributed by atoms with Gasteiger partial charge in [0.25, 0.3) is 6.71 Å². The molecule has 10 heterocycles. The maximum absolute atomic E-state index is 5.14. The fourth-order valence-corrected chi connectivity index (χ4v) is 8.73. The first-order valence-electron chi connectivity index (χ1n) is 18.5. The van der Waals surface area contributed by atoms with Crippen LogP contribution in [0.4, 0.5) is 34.5 Å². The molecule has 0 N–H and O–H groups in total. The third-order valence-electron chi connectivity index (χ3n) is 10.8. The molecule has 2 aromatic carbocycles. The van der Waals surface area contributed by atoms with Crippen LogP contribution in [0.1, 0.15) is 6.42 Å². The molecule has 9 aromatic rings. The van der Waals surface area contributed by atoms with Crippen molar-refractivity contribution >= 4 is 85.9 Å². The van der Waals surface area contributed by atoms with Crippen LogP contribution < -0.4 is 37.0 Å². The highest BCUT2D eigenvalue weighted by molar-refractivity contribution is 6.99. The Labute approximate surface area is 320 Å². The van der Waals surface area contributed by atoms with Crippen LogP contribution in [0.2, 0.25) is 0 Å². The first kappa shape index (κ1) is 30.7. The van der Waals surface area contributed by atoms with Gasteiger partial charge in [-0.15, -0.1) is 0 Å². The quantitative estimate of drug-likeness (QED) is 0.220. The molecular formula is C44H28BN11. The number of para-hydroxylation sites is 1. The summed E-state index contributed by atoms with van der Waals surface area (Å²) in [6.07, 6.45) is 17.9. The topological polar surface area (TPSA) is 106 Å². The van der Waals surface area contributed by atoms with E-state index in [1.807, 2.05) is 85.6 Å². The second kappa shape index (κ2) is 11.9. The lowest BCUT2D eigenvalue weighted by molar-refractivity contribution is 0.955. The van der Waals surface area contributed by atoms with Crippen molar-refractivity contribution < 1.29 is 0 Å². The molecule has 0 atom stereocenters. The fraction of sp³-hybridized carbons (Fsp3) is 0.0227. The van der Waals surface area contributed by atoms with Crippen LogP contribution in [-0.4, -0.2) is 45.8 Å². The first-order chi connectivity index (χ1) is 27.8. The van der Waals surface area contributed by atoms with E-state index in [9.17, 15) is 0 Å². The van der Waals surface area contributed by atoms with Crippen LogP contribution in [0.15, 0.2) is 158 Å². The van der Waals surface area contributed by atoms with E-state index in [0.29, 0.717) is 0 Å². The van der Waals surface area contributed by atoms with Crippen LogP contribution >= 0.6 is 0 Å². The summed E-state index contributed by atoms with van der Waals surface area (Å²) >= 11 is 0. The molecule has 0 bridgehead atoms. The van der Waals surface area contributed by atoms with Gasteiger partial charge in [0, 0.05) is 60.4 Å². The molecule has 3 aliphatic heterocycles. The minimum absolute atomic E-state index is 0.238. The van der Waals surface area contributed by atoms with Gasteiger partial charge in [-0.2, -0.15) is 0 Å². The highest BCUT2D eigenvalue weighted by Crippen LogP contribution is 2.43. The number of nitrogens with zero attached hydrogens (tertiary/aromatic N) is 11. The van der Waals surface area contributed by atoms with Crippen molar-refractivity contribution in [1.82, 2.24) is 39.0 Å². The molecule has 56 heavy (non-hydrogen) atoms. The molecular weight excluding hydrogens is 693 g/mol. The predicted molar refractivity (Wildman–Crippen MR) is 220 cm³/mol. The van der Waals surface area contributed by atoms with Crippen molar-refractivity contribution in [3.8, 4) is 11.5 Å².